The molecule has 0 aromatic rings. The Balaban J connectivity index is 1.58. The number of rotatable bonds is 6. The van der Waals surface area contributed by atoms with Crippen molar-refractivity contribution < 1.29 is 23.8 Å². The normalized spacial score (nSPS) is 19.0. The first-order valence-corrected chi connectivity index (χ1v) is 10.5. The third-order valence-corrected chi connectivity index (χ3v) is 4.95. The van der Waals surface area contributed by atoms with Crippen LogP contribution in [0.5, 0.6) is 0 Å². The third-order valence-electron chi connectivity index (χ3n) is 4.95. The van der Waals surface area contributed by atoms with Crippen LogP contribution in [0, 0.1) is 12.3 Å². The monoisotopic (exact) mass is 409 g/mol. The number of nitrogens with one attached hydrogen (secondary N) is 1. The SMILES string of the molecule is C#CCOC1CCN(C(=O)N2CCC(OCCNC(=O)OC(C)(C)C)CC2)CC1. The van der Waals surface area contributed by atoms with Crippen LogP contribution in [-0.2, 0) is 14.2 Å². The van der Waals surface area contributed by atoms with Crippen molar-refractivity contribution in [1.29, 1.82) is 0 Å². The van der Waals surface area contributed by atoms with Gasteiger partial charge in [0.25, 0.3) is 0 Å². The molecular weight excluding hydrogens is 374 g/mol. The summed E-state index contributed by atoms with van der Waals surface area (Å²) in [6, 6.07) is 0.102. The van der Waals surface area contributed by atoms with E-state index in [1.165, 1.54) is 0 Å². The second-order valence-corrected chi connectivity index (χ2v) is 8.47. The van der Waals surface area contributed by atoms with Gasteiger partial charge in [-0.1, -0.05) is 5.92 Å². The van der Waals surface area contributed by atoms with Gasteiger partial charge in [-0.05, 0) is 46.5 Å². The number of piperidine rings is 2. The molecule has 0 radical (unpaired) electrons. The molecule has 3 amide bonds. The summed E-state index contributed by atoms with van der Waals surface area (Å²) in [7, 11) is 0. The highest BCUT2D eigenvalue weighted by Crippen LogP contribution is 2.19. The molecule has 0 bridgehead atoms. The van der Waals surface area contributed by atoms with Gasteiger partial charge in [-0.2, -0.15) is 0 Å². The molecule has 1 N–H and O–H groups in total. The third kappa shape index (κ3) is 8.50. The smallest absolute Gasteiger partial charge is 0.407 e. The molecule has 0 unspecified atom stereocenters. The van der Waals surface area contributed by atoms with Gasteiger partial charge in [-0.25, -0.2) is 9.59 Å². The molecule has 164 valence electrons. The minimum absolute atomic E-state index is 0.102. The van der Waals surface area contributed by atoms with Crippen LogP contribution >= 0.6 is 0 Å². The number of nitrogens with zero attached hydrogens (tertiary/aromatic N) is 2. The summed E-state index contributed by atoms with van der Waals surface area (Å²) in [5, 5.41) is 2.69. The van der Waals surface area contributed by atoms with Crippen LogP contribution in [0.3, 0.4) is 0 Å². The first-order valence-electron chi connectivity index (χ1n) is 10.5. The molecule has 2 aliphatic rings. The molecule has 2 fully saturated rings. The predicted octanol–water partition coefficient (Wildman–Crippen LogP) is 2.23. The lowest BCUT2D eigenvalue weighted by atomic mass is 10.1. The molecule has 0 aromatic heterocycles. The van der Waals surface area contributed by atoms with Gasteiger partial charge in [0.15, 0.2) is 0 Å². The van der Waals surface area contributed by atoms with Crippen molar-refractivity contribution in [2.45, 2.75) is 64.3 Å². The summed E-state index contributed by atoms with van der Waals surface area (Å²) in [6.07, 6.45) is 8.33. The number of likely N-dealkylation sites (tertiary alicyclic amines) is 2. The summed E-state index contributed by atoms with van der Waals surface area (Å²) >= 11 is 0. The second-order valence-electron chi connectivity index (χ2n) is 8.47. The maximum absolute atomic E-state index is 12.7. The zero-order valence-electron chi connectivity index (χ0n) is 17.9. The molecule has 2 rings (SSSR count). The maximum Gasteiger partial charge on any atom is 0.407 e. The van der Waals surface area contributed by atoms with Crippen LogP contribution in [0.25, 0.3) is 0 Å². The van der Waals surface area contributed by atoms with Crippen molar-refractivity contribution in [1.82, 2.24) is 15.1 Å². The Morgan fingerprint density at radius 3 is 2.00 bits per heavy atom. The topological polar surface area (TPSA) is 80.3 Å². The number of alkyl carbamates (subject to hydrolysis) is 1. The molecular formula is C21H35N3O5. The van der Waals surface area contributed by atoms with Crippen molar-refractivity contribution in [3.05, 3.63) is 0 Å². The lowest BCUT2D eigenvalue weighted by molar-refractivity contribution is 0.00438. The van der Waals surface area contributed by atoms with Crippen molar-refractivity contribution in [2.24, 2.45) is 0 Å². The van der Waals surface area contributed by atoms with Gasteiger partial charge in [-0.15, -0.1) is 6.42 Å². The fourth-order valence-electron chi connectivity index (χ4n) is 3.49. The van der Waals surface area contributed by atoms with Crippen LogP contribution in [0.2, 0.25) is 0 Å². The van der Waals surface area contributed by atoms with E-state index in [0.717, 1.165) is 25.7 Å². The highest BCUT2D eigenvalue weighted by molar-refractivity contribution is 5.74. The quantitative estimate of drug-likeness (QED) is 0.538. The Hall–Kier alpha value is -1.98. The molecule has 0 aliphatic carbocycles. The number of amides is 3. The van der Waals surface area contributed by atoms with Gasteiger partial charge < -0.3 is 29.3 Å². The molecule has 0 saturated carbocycles. The molecule has 8 nitrogen and oxygen atoms in total. The lowest BCUT2D eigenvalue weighted by Crippen LogP contribution is -2.51. The van der Waals surface area contributed by atoms with Crippen molar-refractivity contribution in [3.63, 3.8) is 0 Å². The maximum atomic E-state index is 12.7. The molecule has 2 saturated heterocycles. The number of carbonyl (C=O) groups is 2. The molecule has 8 heteroatoms. The Bertz CT molecular complexity index is 568. The average Bonchev–Trinajstić information content (AvgIpc) is 2.69. The molecule has 29 heavy (non-hydrogen) atoms. The fourth-order valence-corrected chi connectivity index (χ4v) is 3.49. The first kappa shape index (κ1) is 23.3. The summed E-state index contributed by atoms with van der Waals surface area (Å²) in [6.45, 7) is 9.45. The van der Waals surface area contributed by atoms with E-state index in [4.69, 9.17) is 20.6 Å². The minimum Gasteiger partial charge on any atom is -0.444 e. The molecule has 2 aliphatic heterocycles. The summed E-state index contributed by atoms with van der Waals surface area (Å²) in [5.41, 5.74) is -0.506. The number of hydrogen-bond donors (Lipinski definition) is 1. The number of urea groups is 1. The van der Waals surface area contributed by atoms with E-state index in [2.05, 4.69) is 11.2 Å². The Labute approximate surface area is 174 Å². The summed E-state index contributed by atoms with van der Waals surface area (Å²) in [5.74, 6) is 2.49. The second kappa shape index (κ2) is 11.3. The van der Waals surface area contributed by atoms with Crippen LogP contribution in [0.4, 0.5) is 9.59 Å². The highest BCUT2D eigenvalue weighted by Gasteiger charge is 2.29. The number of carbonyl (C=O) groups excluding carboxylic acids is 2. The fraction of sp³-hybridized carbons (Fsp3) is 0.810. The van der Waals surface area contributed by atoms with Crippen molar-refractivity contribution in [2.75, 3.05) is 45.9 Å². The van der Waals surface area contributed by atoms with Gasteiger partial charge in [0.05, 0.1) is 18.8 Å². The van der Waals surface area contributed by atoms with Crippen LogP contribution in [-0.4, -0.2) is 85.7 Å². The minimum atomic E-state index is -0.506. The zero-order chi connectivity index (χ0) is 21.3. The number of hydrogen-bond acceptors (Lipinski definition) is 5. The molecule has 2 heterocycles. The predicted molar refractivity (Wildman–Crippen MR) is 110 cm³/mol. The summed E-state index contributed by atoms with van der Waals surface area (Å²) < 4.78 is 16.6. The van der Waals surface area contributed by atoms with Crippen molar-refractivity contribution in [3.8, 4) is 12.3 Å². The highest BCUT2D eigenvalue weighted by atomic mass is 16.6. The van der Waals surface area contributed by atoms with E-state index in [0.29, 0.717) is 45.9 Å². The molecule has 0 spiro atoms. The van der Waals surface area contributed by atoms with E-state index >= 15 is 0 Å². The number of terminal acetylenes is 1. The largest absolute Gasteiger partial charge is 0.444 e. The van der Waals surface area contributed by atoms with Gasteiger partial charge in [0.2, 0.25) is 0 Å². The molecule has 0 aromatic carbocycles. The first-order chi connectivity index (χ1) is 13.8. The van der Waals surface area contributed by atoms with Gasteiger partial charge in [-0.3, -0.25) is 0 Å². The molecule has 0 atom stereocenters. The number of ether oxygens (including phenoxy) is 3. The van der Waals surface area contributed by atoms with Crippen LogP contribution < -0.4 is 5.32 Å². The van der Waals surface area contributed by atoms with Gasteiger partial charge >= 0.3 is 12.1 Å². The van der Waals surface area contributed by atoms with Gasteiger partial charge in [0, 0.05) is 32.7 Å². The van der Waals surface area contributed by atoms with E-state index in [9.17, 15) is 9.59 Å². The van der Waals surface area contributed by atoms with E-state index in [-0.39, 0.29) is 18.2 Å². The summed E-state index contributed by atoms with van der Waals surface area (Å²) in [4.78, 5) is 28.1. The zero-order valence-corrected chi connectivity index (χ0v) is 17.9. The van der Waals surface area contributed by atoms with E-state index in [1.807, 2.05) is 30.6 Å². The Morgan fingerprint density at radius 2 is 1.52 bits per heavy atom. The Morgan fingerprint density at radius 1 is 1.00 bits per heavy atom. The Kier molecular flexibility index (Phi) is 9.05. The van der Waals surface area contributed by atoms with Crippen molar-refractivity contribution >= 4 is 12.1 Å². The average molecular weight is 410 g/mol. The van der Waals surface area contributed by atoms with Gasteiger partial charge in [0.1, 0.15) is 12.2 Å². The van der Waals surface area contributed by atoms with Crippen LogP contribution in [0.15, 0.2) is 0 Å². The van der Waals surface area contributed by atoms with Crippen LogP contribution in [0.1, 0.15) is 46.5 Å². The van der Waals surface area contributed by atoms with E-state index < -0.39 is 11.7 Å². The standard InChI is InChI=1S/C21H35N3O5/c1-5-15-27-17-6-11-23(12-7-17)20(26)24-13-8-18(9-14-24)28-16-10-22-19(25)29-21(2,3)4/h1,17-18H,6-16H2,2-4H3,(H,22,25). The lowest BCUT2D eigenvalue weighted by Gasteiger charge is -2.38. The van der Waals surface area contributed by atoms with E-state index in [1.54, 1.807) is 0 Å².